The van der Waals surface area contributed by atoms with Crippen LogP contribution in [0.25, 0.3) is 87.1 Å². The summed E-state index contributed by atoms with van der Waals surface area (Å²) in [6.45, 7) is 0. The lowest BCUT2D eigenvalue weighted by atomic mass is 9.97. The normalized spacial score (nSPS) is 11.6. The van der Waals surface area contributed by atoms with Crippen LogP contribution in [0.4, 0.5) is 0 Å². The number of fused-ring (bicyclic) bond motifs is 5. The maximum absolute atomic E-state index is 5.20. The van der Waals surface area contributed by atoms with Gasteiger partial charge in [0, 0.05) is 48.4 Å². The molecule has 0 N–H and O–H groups in total. The number of hydrogen-bond acceptors (Lipinski definition) is 5. The van der Waals surface area contributed by atoms with Crippen molar-refractivity contribution in [1.82, 2.24) is 19.9 Å². The molecule has 0 saturated heterocycles. The summed E-state index contributed by atoms with van der Waals surface area (Å²) in [5.74, 6) is 1.97. The van der Waals surface area contributed by atoms with Crippen LogP contribution in [-0.2, 0) is 0 Å². The molecule has 0 radical (unpaired) electrons. The predicted octanol–water partition coefficient (Wildman–Crippen LogP) is 10.6. The number of nitrogens with zero attached hydrogens (tertiary/aromatic N) is 4. The number of hydrogen-bond donors (Lipinski definition) is 0. The molecule has 0 fully saturated rings. The van der Waals surface area contributed by atoms with E-state index in [-0.39, 0.29) is 0 Å². The van der Waals surface area contributed by atoms with Gasteiger partial charge >= 0.3 is 0 Å². The standard InChI is InChI=1S/C40H24N4S/c1-2-9-27(10-3-1)38-42-39(44-40(43-38)32-15-7-17-36-37(32)31-13-4-5-16-35(31)45-36)30-14-6-11-25-18-20-28(23-33(25)30)29-21-19-26-12-8-22-41-34(26)24-29/h1-24H. The molecular formula is C40H24N4S. The second kappa shape index (κ2) is 10.4. The van der Waals surface area contributed by atoms with Crippen molar-refractivity contribution in [2.75, 3.05) is 0 Å². The van der Waals surface area contributed by atoms with E-state index in [2.05, 4.69) is 120 Å². The first-order valence-electron chi connectivity index (χ1n) is 14.9. The molecule has 0 aliphatic carbocycles. The molecule has 0 atom stereocenters. The summed E-state index contributed by atoms with van der Waals surface area (Å²) in [6.07, 6.45) is 1.84. The van der Waals surface area contributed by atoms with Crippen LogP contribution in [0.2, 0.25) is 0 Å². The topological polar surface area (TPSA) is 51.6 Å². The Kier molecular flexibility index (Phi) is 5.96. The van der Waals surface area contributed by atoms with Crippen molar-refractivity contribution in [2.24, 2.45) is 0 Å². The van der Waals surface area contributed by atoms with Crippen molar-refractivity contribution < 1.29 is 0 Å². The highest BCUT2D eigenvalue weighted by Gasteiger charge is 2.18. The summed E-state index contributed by atoms with van der Waals surface area (Å²) < 4.78 is 2.47. The first-order chi connectivity index (χ1) is 22.3. The van der Waals surface area contributed by atoms with Gasteiger partial charge in [0.25, 0.3) is 0 Å². The molecule has 4 nitrogen and oxygen atoms in total. The Morgan fingerprint density at radius 1 is 0.422 bits per heavy atom. The molecule has 6 aromatic carbocycles. The summed E-state index contributed by atoms with van der Waals surface area (Å²) in [7, 11) is 0. The quantitative estimate of drug-likeness (QED) is 0.204. The van der Waals surface area contributed by atoms with Crippen molar-refractivity contribution in [1.29, 1.82) is 0 Å². The number of benzene rings is 6. The Balaban J connectivity index is 1.28. The smallest absolute Gasteiger partial charge is 0.164 e. The summed E-state index contributed by atoms with van der Waals surface area (Å²) in [5, 5.41) is 5.74. The summed E-state index contributed by atoms with van der Waals surface area (Å²) in [6, 6.07) is 48.6. The third-order valence-electron chi connectivity index (χ3n) is 8.37. The minimum Gasteiger partial charge on any atom is -0.256 e. The minimum absolute atomic E-state index is 0.651. The Morgan fingerprint density at radius 3 is 2.02 bits per heavy atom. The monoisotopic (exact) mass is 592 g/mol. The maximum atomic E-state index is 5.20. The van der Waals surface area contributed by atoms with E-state index in [9.17, 15) is 0 Å². The minimum atomic E-state index is 0.651. The van der Waals surface area contributed by atoms with E-state index >= 15 is 0 Å². The zero-order valence-electron chi connectivity index (χ0n) is 24.1. The van der Waals surface area contributed by atoms with Crippen LogP contribution in [0.1, 0.15) is 0 Å². The molecule has 0 aliphatic rings. The molecule has 9 aromatic rings. The van der Waals surface area contributed by atoms with Crippen LogP contribution in [0.5, 0.6) is 0 Å². The van der Waals surface area contributed by atoms with Gasteiger partial charge in [-0.1, -0.05) is 109 Å². The number of thiophene rings is 1. The lowest BCUT2D eigenvalue weighted by molar-refractivity contribution is 1.08. The molecule has 9 rings (SSSR count). The van der Waals surface area contributed by atoms with Crippen molar-refractivity contribution in [2.45, 2.75) is 0 Å². The van der Waals surface area contributed by atoms with Crippen LogP contribution in [0.3, 0.4) is 0 Å². The largest absolute Gasteiger partial charge is 0.256 e. The maximum Gasteiger partial charge on any atom is 0.164 e. The van der Waals surface area contributed by atoms with Gasteiger partial charge in [-0.3, -0.25) is 4.98 Å². The number of pyridine rings is 1. The van der Waals surface area contributed by atoms with E-state index in [1.807, 2.05) is 30.5 Å². The predicted molar refractivity (Wildman–Crippen MR) is 187 cm³/mol. The molecule has 0 bridgehead atoms. The summed E-state index contributed by atoms with van der Waals surface area (Å²) in [5.41, 5.74) is 6.15. The van der Waals surface area contributed by atoms with Gasteiger partial charge in [0.15, 0.2) is 17.5 Å². The van der Waals surface area contributed by atoms with Crippen LogP contribution in [0, 0.1) is 0 Å². The summed E-state index contributed by atoms with van der Waals surface area (Å²) in [4.78, 5) is 20.0. The molecule has 0 amide bonds. The SMILES string of the molecule is c1ccc(-c2nc(-c3cccc4ccc(-c5ccc6cccnc6c5)cc34)nc(-c3cccc4sc5ccccc5c34)n2)cc1. The third kappa shape index (κ3) is 4.44. The molecular weight excluding hydrogens is 569 g/mol. The van der Waals surface area contributed by atoms with E-state index < -0.39 is 0 Å². The fourth-order valence-electron chi connectivity index (χ4n) is 6.19. The highest BCUT2D eigenvalue weighted by molar-refractivity contribution is 7.25. The molecule has 0 aliphatic heterocycles. The van der Waals surface area contributed by atoms with Gasteiger partial charge in [-0.05, 0) is 52.2 Å². The van der Waals surface area contributed by atoms with Crippen molar-refractivity contribution in [3.63, 3.8) is 0 Å². The molecule has 45 heavy (non-hydrogen) atoms. The lowest BCUT2D eigenvalue weighted by Crippen LogP contribution is -2.00. The van der Waals surface area contributed by atoms with Crippen LogP contribution < -0.4 is 0 Å². The van der Waals surface area contributed by atoms with Crippen LogP contribution in [0.15, 0.2) is 146 Å². The molecule has 3 aromatic heterocycles. The molecule has 0 unspecified atom stereocenters. The average molecular weight is 593 g/mol. The summed E-state index contributed by atoms with van der Waals surface area (Å²) >= 11 is 1.80. The fourth-order valence-corrected chi connectivity index (χ4v) is 7.32. The highest BCUT2D eigenvalue weighted by atomic mass is 32.1. The Labute approximate surface area is 263 Å². The second-order valence-electron chi connectivity index (χ2n) is 11.1. The zero-order valence-corrected chi connectivity index (χ0v) is 24.9. The van der Waals surface area contributed by atoms with Gasteiger partial charge in [-0.2, -0.15) is 0 Å². The molecule has 5 heteroatoms. The second-order valence-corrected chi connectivity index (χ2v) is 12.2. The van der Waals surface area contributed by atoms with Gasteiger partial charge in [0.05, 0.1) is 5.52 Å². The first kappa shape index (κ1) is 25.7. The number of rotatable bonds is 4. The van der Waals surface area contributed by atoms with E-state index in [1.165, 1.54) is 20.2 Å². The van der Waals surface area contributed by atoms with E-state index in [1.54, 1.807) is 11.3 Å². The van der Waals surface area contributed by atoms with Crippen molar-refractivity contribution in [3.05, 3.63) is 146 Å². The van der Waals surface area contributed by atoms with Gasteiger partial charge < -0.3 is 0 Å². The van der Waals surface area contributed by atoms with E-state index in [4.69, 9.17) is 15.0 Å². The Hall–Kier alpha value is -5.78. The molecule has 0 spiro atoms. The highest BCUT2D eigenvalue weighted by Crippen LogP contribution is 2.40. The Morgan fingerprint density at radius 2 is 1.11 bits per heavy atom. The molecule has 3 heterocycles. The van der Waals surface area contributed by atoms with Crippen molar-refractivity contribution in [3.8, 4) is 45.3 Å². The third-order valence-corrected chi connectivity index (χ3v) is 9.51. The molecule has 210 valence electrons. The van der Waals surface area contributed by atoms with E-state index in [0.717, 1.165) is 49.5 Å². The lowest BCUT2D eigenvalue weighted by Gasteiger charge is -2.12. The van der Waals surface area contributed by atoms with Gasteiger partial charge in [-0.15, -0.1) is 11.3 Å². The molecule has 0 saturated carbocycles. The van der Waals surface area contributed by atoms with E-state index in [0.29, 0.717) is 17.5 Å². The van der Waals surface area contributed by atoms with Crippen LogP contribution in [-0.4, -0.2) is 19.9 Å². The average Bonchev–Trinajstić information content (AvgIpc) is 3.50. The zero-order chi connectivity index (χ0) is 29.7. The Bertz CT molecular complexity index is 2550. The first-order valence-corrected chi connectivity index (χ1v) is 15.7. The van der Waals surface area contributed by atoms with Gasteiger partial charge in [0.1, 0.15) is 0 Å². The fraction of sp³-hybridized carbons (Fsp3) is 0. The van der Waals surface area contributed by atoms with Gasteiger partial charge in [0.2, 0.25) is 0 Å². The van der Waals surface area contributed by atoms with Crippen LogP contribution >= 0.6 is 11.3 Å². The van der Waals surface area contributed by atoms with Gasteiger partial charge in [-0.25, -0.2) is 15.0 Å². The van der Waals surface area contributed by atoms with Crippen molar-refractivity contribution >= 4 is 53.2 Å². The number of aromatic nitrogens is 4.